The summed E-state index contributed by atoms with van der Waals surface area (Å²) in [6.07, 6.45) is 7.12. The number of carbonyl (C=O) groups is 2. The summed E-state index contributed by atoms with van der Waals surface area (Å²) in [7, 11) is 0. The van der Waals surface area contributed by atoms with E-state index in [1.165, 1.54) is 19.3 Å². The van der Waals surface area contributed by atoms with E-state index in [1.54, 1.807) is 12.1 Å². The van der Waals surface area contributed by atoms with Crippen molar-refractivity contribution >= 4 is 11.7 Å². The Morgan fingerprint density at radius 2 is 1.50 bits per heavy atom. The minimum Gasteiger partial charge on any atom is -0.348 e. The fourth-order valence-electron chi connectivity index (χ4n) is 5.46. The minimum absolute atomic E-state index is 0.00122. The van der Waals surface area contributed by atoms with Crippen LogP contribution in [0, 0.1) is 23.2 Å². The smallest absolute Gasteiger partial charge is 0.226 e. The highest BCUT2D eigenvalue weighted by molar-refractivity contribution is 5.99. The Hall–Kier alpha value is -1.64. The number of benzene rings is 1. The first kappa shape index (κ1) is 14.0. The lowest BCUT2D eigenvalue weighted by molar-refractivity contribution is -0.146. The second-order valence-electron chi connectivity index (χ2n) is 7.67. The lowest BCUT2D eigenvalue weighted by Gasteiger charge is -2.55. The molecule has 1 aromatic carbocycles. The SMILES string of the molecule is O=C(CNC(=O)C12CC3CC(CC(C3)C1)C2)c1ccccc1. The average Bonchev–Trinajstić information content (AvgIpc) is 2.51. The van der Waals surface area contributed by atoms with E-state index in [1.807, 2.05) is 18.2 Å². The first-order chi connectivity index (χ1) is 10.6. The first-order valence-corrected chi connectivity index (χ1v) is 8.51. The van der Waals surface area contributed by atoms with E-state index in [-0.39, 0.29) is 23.7 Å². The molecule has 4 fully saturated rings. The van der Waals surface area contributed by atoms with Crippen LogP contribution in [0.2, 0.25) is 0 Å². The highest BCUT2D eigenvalue weighted by Crippen LogP contribution is 2.60. The Kier molecular flexibility index (Phi) is 3.32. The zero-order chi connectivity index (χ0) is 15.2. The lowest BCUT2D eigenvalue weighted by atomic mass is 9.49. The molecule has 0 spiro atoms. The van der Waals surface area contributed by atoms with E-state index in [9.17, 15) is 9.59 Å². The van der Waals surface area contributed by atoms with Crippen LogP contribution in [0.1, 0.15) is 48.9 Å². The molecule has 3 heteroatoms. The van der Waals surface area contributed by atoms with E-state index in [0.717, 1.165) is 37.0 Å². The van der Waals surface area contributed by atoms with Crippen LogP contribution in [0.5, 0.6) is 0 Å². The number of Topliss-reactive ketones (excluding diaryl/α,β-unsaturated/α-hetero) is 1. The van der Waals surface area contributed by atoms with Crippen molar-refractivity contribution in [3.8, 4) is 0 Å². The summed E-state index contributed by atoms with van der Waals surface area (Å²) in [5.41, 5.74) is 0.513. The van der Waals surface area contributed by atoms with Gasteiger partial charge in [0.2, 0.25) is 5.91 Å². The molecule has 116 valence electrons. The molecule has 4 aliphatic carbocycles. The molecule has 0 aromatic heterocycles. The van der Waals surface area contributed by atoms with Crippen molar-refractivity contribution in [2.75, 3.05) is 6.54 Å². The monoisotopic (exact) mass is 297 g/mol. The molecule has 22 heavy (non-hydrogen) atoms. The number of ketones is 1. The largest absolute Gasteiger partial charge is 0.348 e. The average molecular weight is 297 g/mol. The van der Waals surface area contributed by atoms with Gasteiger partial charge in [-0.2, -0.15) is 0 Å². The van der Waals surface area contributed by atoms with Gasteiger partial charge in [0.1, 0.15) is 0 Å². The number of hydrogen-bond donors (Lipinski definition) is 1. The summed E-state index contributed by atoms with van der Waals surface area (Å²) in [5.74, 6) is 2.39. The summed E-state index contributed by atoms with van der Waals surface area (Å²) in [5, 5.41) is 2.95. The molecule has 1 aromatic rings. The Balaban J connectivity index is 1.41. The molecule has 0 atom stereocenters. The first-order valence-electron chi connectivity index (χ1n) is 8.51. The highest BCUT2D eigenvalue weighted by Gasteiger charge is 2.54. The van der Waals surface area contributed by atoms with Gasteiger partial charge in [0.15, 0.2) is 5.78 Å². The van der Waals surface area contributed by atoms with Crippen LogP contribution in [0.25, 0.3) is 0 Å². The maximum Gasteiger partial charge on any atom is 0.226 e. The van der Waals surface area contributed by atoms with Gasteiger partial charge < -0.3 is 5.32 Å². The van der Waals surface area contributed by atoms with Crippen molar-refractivity contribution in [1.29, 1.82) is 0 Å². The number of amides is 1. The van der Waals surface area contributed by atoms with Crippen LogP contribution >= 0.6 is 0 Å². The topological polar surface area (TPSA) is 46.2 Å². The summed E-state index contributed by atoms with van der Waals surface area (Å²) in [6.45, 7) is 0.130. The molecule has 0 unspecified atom stereocenters. The fourth-order valence-corrected chi connectivity index (χ4v) is 5.46. The van der Waals surface area contributed by atoms with Crippen molar-refractivity contribution < 1.29 is 9.59 Å². The zero-order valence-electron chi connectivity index (χ0n) is 12.9. The van der Waals surface area contributed by atoms with Crippen molar-refractivity contribution in [3.63, 3.8) is 0 Å². The molecule has 4 bridgehead atoms. The Labute approximate surface area is 131 Å². The van der Waals surface area contributed by atoms with Gasteiger partial charge in [-0.15, -0.1) is 0 Å². The molecule has 5 rings (SSSR count). The van der Waals surface area contributed by atoms with Crippen molar-refractivity contribution in [2.45, 2.75) is 38.5 Å². The molecule has 0 aliphatic heterocycles. The Morgan fingerprint density at radius 1 is 0.955 bits per heavy atom. The summed E-state index contributed by atoms with van der Waals surface area (Å²) in [6, 6.07) is 9.21. The maximum absolute atomic E-state index is 12.8. The third-order valence-electron chi connectivity index (χ3n) is 6.03. The fraction of sp³-hybridized carbons (Fsp3) is 0.579. The molecule has 0 heterocycles. The Morgan fingerprint density at radius 3 is 2.05 bits per heavy atom. The standard InChI is InChI=1S/C19H23NO2/c21-17(16-4-2-1-3-5-16)12-20-18(22)19-9-13-6-14(10-19)8-15(7-13)11-19/h1-5,13-15H,6-12H2,(H,20,22). The summed E-state index contributed by atoms with van der Waals surface area (Å²) >= 11 is 0. The maximum atomic E-state index is 12.8. The molecule has 1 amide bonds. The molecule has 4 aliphatic rings. The molecule has 4 saturated carbocycles. The minimum atomic E-state index is -0.161. The second-order valence-corrected chi connectivity index (χ2v) is 7.67. The van der Waals surface area contributed by atoms with Crippen molar-refractivity contribution in [1.82, 2.24) is 5.32 Å². The third-order valence-corrected chi connectivity index (χ3v) is 6.03. The van der Waals surface area contributed by atoms with Crippen LogP contribution < -0.4 is 5.32 Å². The molecule has 1 N–H and O–H groups in total. The normalized spacial score (nSPS) is 35.4. The van der Waals surface area contributed by atoms with Crippen LogP contribution in [-0.4, -0.2) is 18.2 Å². The Bertz CT molecular complexity index is 557. The van der Waals surface area contributed by atoms with Gasteiger partial charge in [0.05, 0.1) is 6.54 Å². The van der Waals surface area contributed by atoms with E-state index in [4.69, 9.17) is 0 Å². The van der Waals surface area contributed by atoms with Gasteiger partial charge in [0.25, 0.3) is 0 Å². The van der Waals surface area contributed by atoms with Gasteiger partial charge >= 0.3 is 0 Å². The summed E-state index contributed by atoms with van der Waals surface area (Å²) in [4.78, 5) is 24.9. The van der Waals surface area contributed by atoms with Crippen LogP contribution in [0.3, 0.4) is 0 Å². The molecule has 0 saturated heterocycles. The highest BCUT2D eigenvalue weighted by atomic mass is 16.2. The second kappa shape index (κ2) is 5.22. The third kappa shape index (κ3) is 2.37. The van der Waals surface area contributed by atoms with Crippen LogP contribution in [-0.2, 0) is 4.79 Å². The number of carbonyl (C=O) groups excluding carboxylic acids is 2. The van der Waals surface area contributed by atoms with Crippen molar-refractivity contribution in [3.05, 3.63) is 35.9 Å². The van der Waals surface area contributed by atoms with E-state index in [2.05, 4.69) is 5.32 Å². The molecule has 3 nitrogen and oxygen atoms in total. The number of hydrogen-bond acceptors (Lipinski definition) is 2. The van der Waals surface area contributed by atoms with Gasteiger partial charge in [-0.1, -0.05) is 30.3 Å². The van der Waals surface area contributed by atoms with E-state index in [0.29, 0.717) is 5.56 Å². The molecular weight excluding hydrogens is 274 g/mol. The van der Waals surface area contributed by atoms with Gasteiger partial charge in [-0.3, -0.25) is 9.59 Å². The van der Waals surface area contributed by atoms with Gasteiger partial charge in [-0.05, 0) is 56.3 Å². The van der Waals surface area contributed by atoms with Crippen molar-refractivity contribution in [2.24, 2.45) is 23.2 Å². The predicted octanol–water partition coefficient (Wildman–Crippen LogP) is 3.20. The predicted molar refractivity (Wildman–Crippen MR) is 84.4 cm³/mol. The van der Waals surface area contributed by atoms with Crippen LogP contribution in [0.4, 0.5) is 0 Å². The molecular formula is C19H23NO2. The van der Waals surface area contributed by atoms with E-state index >= 15 is 0 Å². The van der Waals surface area contributed by atoms with E-state index < -0.39 is 0 Å². The number of nitrogens with one attached hydrogen (secondary N) is 1. The quantitative estimate of drug-likeness (QED) is 0.867. The summed E-state index contributed by atoms with van der Waals surface area (Å²) < 4.78 is 0. The van der Waals surface area contributed by atoms with Gasteiger partial charge in [-0.25, -0.2) is 0 Å². The number of rotatable bonds is 4. The molecule has 0 radical (unpaired) electrons. The van der Waals surface area contributed by atoms with Crippen LogP contribution in [0.15, 0.2) is 30.3 Å². The van der Waals surface area contributed by atoms with Gasteiger partial charge in [0, 0.05) is 11.0 Å². The zero-order valence-corrected chi connectivity index (χ0v) is 12.9. The lowest BCUT2D eigenvalue weighted by Crippen LogP contribution is -2.54.